The summed E-state index contributed by atoms with van der Waals surface area (Å²) in [5, 5.41) is 4.47. The summed E-state index contributed by atoms with van der Waals surface area (Å²) in [6.45, 7) is 8.42. The summed E-state index contributed by atoms with van der Waals surface area (Å²) in [6, 6.07) is 4.11. The second kappa shape index (κ2) is 7.35. The fraction of sp³-hybridized carbons (Fsp3) is 0.200. The molecule has 4 aromatic heterocycles. The first kappa shape index (κ1) is 18.0. The Balaban J connectivity index is 1.66. The summed E-state index contributed by atoms with van der Waals surface area (Å²) in [7, 11) is 3.68. The van der Waals surface area contributed by atoms with Crippen LogP contribution >= 0.6 is 44.3 Å². The van der Waals surface area contributed by atoms with E-state index in [0.717, 1.165) is 11.5 Å². The highest BCUT2D eigenvalue weighted by atomic mass is 33.1. The van der Waals surface area contributed by atoms with Crippen LogP contribution in [0, 0.1) is 27.7 Å². The first-order valence-electron chi connectivity index (χ1n) is 8.16. The fourth-order valence-electron chi connectivity index (χ4n) is 2.88. The maximum Gasteiger partial charge on any atom is 0.108 e. The summed E-state index contributed by atoms with van der Waals surface area (Å²) in [4.78, 5) is 5.33. The number of thiophene rings is 2. The van der Waals surface area contributed by atoms with Gasteiger partial charge in [0.1, 0.15) is 11.5 Å². The van der Waals surface area contributed by atoms with Crippen molar-refractivity contribution in [1.29, 1.82) is 0 Å². The maximum atomic E-state index is 5.51. The fourth-order valence-corrected chi connectivity index (χ4v) is 8.10. The molecule has 0 N–H and O–H groups in total. The van der Waals surface area contributed by atoms with Crippen LogP contribution < -0.4 is 0 Å². The van der Waals surface area contributed by atoms with Crippen LogP contribution in [0.5, 0.6) is 0 Å². The Morgan fingerprint density at radius 3 is 1.42 bits per heavy atom. The molecule has 0 bridgehead atoms. The summed E-state index contributed by atoms with van der Waals surface area (Å²) in [5.41, 5.74) is 4.91. The summed E-state index contributed by atoms with van der Waals surface area (Å²) in [6.07, 6.45) is 3.53. The third-order valence-corrected chi connectivity index (χ3v) is 9.14. The van der Waals surface area contributed by atoms with Crippen LogP contribution in [0.15, 0.2) is 54.0 Å². The zero-order chi connectivity index (χ0) is 18.3. The van der Waals surface area contributed by atoms with Crippen molar-refractivity contribution in [2.75, 3.05) is 0 Å². The SMILES string of the molecule is Cc1occc1-c1csc(C)c1SSc1c(-c2ccoc2C)csc1C. The number of rotatable bonds is 5. The lowest BCUT2D eigenvalue weighted by Gasteiger charge is -2.07. The molecule has 0 aliphatic carbocycles. The van der Waals surface area contributed by atoms with E-state index in [4.69, 9.17) is 8.83 Å². The van der Waals surface area contributed by atoms with Crippen LogP contribution in [-0.2, 0) is 0 Å². The molecule has 6 heteroatoms. The van der Waals surface area contributed by atoms with Gasteiger partial charge in [-0.15, -0.1) is 22.7 Å². The van der Waals surface area contributed by atoms with E-state index in [1.165, 1.54) is 41.8 Å². The first-order valence-corrected chi connectivity index (χ1v) is 12.1. The molecule has 0 saturated heterocycles. The van der Waals surface area contributed by atoms with E-state index < -0.39 is 0 Å². The van der Waals surface area contributed by atoms with Crippen molar-refractivity contribution in [1.82, 2.24) is 0 Å². The van der Waals surface area contributed by atoms with Crippen molar-refractivity contribution in [3.05, 3.63) is 56.7 Å². The molecule has 2 nitrogen and oxygen atoms in total. The number of furan rings is 2. The van der Waals surface area contributed by atoms with Crippen LogP contribution in [0.2, 0.25) is 0 Å². The third-order valence-electron chi connectivity index (χ3n) is 4.34. The molecular formula is C20H18O2S4. The van der Waals surface area contributed by atoms with Crippen molar-refractivity contribution in [3.8, 4) is 22.3 Å². The van der Waals surface area contributed by atoms with E-state index in [0.29, 0.717) is 0 Å². The Bertz CT molecular complexity index is 963. The topological polar surface area (TPSA) is 26.3 Å². The number of aryl methyl sites for hydroxylation is 4. The zero-order valence-corrected chi connectivity index (χ0v) is 18.2. The maximum absolute atomic E-state index is 5.51. The average molecular weight is 419 g/mol. The molecule has 0 atom stereocenters. The molecule has 4 rings (SSSR count). The molecular weight excluding hydrogens is 400 g/mol. The van der Waals surface area contributed by atoms with E-state index in [1.807, 2.05) is 35.4 Å². The molecule has 0 saturated carbocycles. The molecule has 0 spiro atoms. The van der Waals surface area contributed by atoms with E-state index in [2.05, 4.69) is 36.7 Å². The lowest BCUT2D eigenvalue weighted by molar-refractivity contribution is 0.535. The second-order valence-corrected chi connectivity index (χ2v) is 10.3. The highest BCUT2D eigenvalue weighted by molar-refractivity contribution is 8.76. The molecule has 26 heavy (non-hydrogen) atoms. The van der Waals surface area contributed by atoms with Crippen LogP contribution in [0.4, 0.5) is 0 Å². The third kappa shape index (κ3) is 3.20. The molecule has 0 radical (unpaired) electrons. The Labute approximate surface area is 169 Å². The predicted molar refractivity (Wildman–Crippen MR) is 115 cm³/mol. The van der Waals surface area contributed by atoms with Crippen molar-refractivity contribution in [2.24, 2.45) is 0 Å². The molecule has 0 aromatic carbocycles. The van der Waals surface area contributed by atoms with Gasteiger partial charge in [-0.25, -0.2) is 0 Å². The lowest BCUT2D eigenvalue weighted by Crippen LogP contribution is -1.80. The van der Waals surface area contributed by atoms with Crippen molar-refractivity contribution >= 4 is 44.3 Å². The van der Waals surface area contributed by atoms with Gasteiger partial charge in [-0.1, -0.05) is 21.6 Å². The second-order valence-electron chi connectivity index (χ2n) is 6.02. The zero-order valence-electron chi connectivity index (χ0n) is 14.9. The van der Waals surface area contributed by atoms with Gasteiger partial charge < -0.3 is 8.83 Å². The number of hydrogen-bond donors (Lipinski definition) is 0. The molecule has 134 valence electrons. The molecule has 4 aromatic rings. The van der Waals surface area contributed by atoms with Gasteiger partial charge in [0.25, 0.3) is 0 Å². The Kier molecular flexibility index (Phi) is 5.10. The largest absolute Gasteiger partial charge is 0.469 e. The van der Waals surface area contributed by atoms with Crippen LogP contribution in [0.3, 0.4) is 0 Å². The normalized spacial score (nSPS) is 11.4. The standard InChI is InChI=1S/C20H18O2S4/c1-11-15(5-7-21-11)17-9-23-13(3)19(17)25-26-20-14(4)24-10-18(20)16-6-8-22-12(16)2/h5-10H,1-4H3. The molecule has 0 aliphatic heterocycles. The lowest BCUT2D eigenvalue weighted by atomic mass is 10.1. The predicted octanol–water partition coefficient (Wildman–Crippen LogP) is 8.36. The van der Waals surface area contributed by atoms with Gasteiger partial charge in [0, 0.05) is 52.6 Å². The number of hydrogen-bond acceptors (Lipinski definition) is 6. The van der Waals surface area contributed by atoms with E-state index in [1.54, 1.807) is 35.2 Å². The van der Waals surface area contributed by atoms with Gasteiger partial charge in [0.15, 0.2) is 0 Å². The van der Waals surface area contributed by atoms with Gasteiger partial charge in [-0.2, -0.15) is 0 Å². The minimum atomic E-state index is 0.969. The molecule has 4 heterocycles. The molecule has 0 fully saturated rings. The Morgan fingerprint density at radius 1 is 0.654 bits per heavy atom. The first-order chi connectivity index (χ1) is 12.6. The highest BCUT2D eigenvalue weighted by Crippen LogP contribution is 2.51. The van der Waals surface area contributed by atoms with Gasteiger partial charge in [0.05, 0.1) is 12.5 Å². The van der Waals surface area contributed by atoms with Crippen LogP contribution in [-0.4, -0.2) is 0 Å². The highest BCUT2D eigenvalue weighted by Gasteiger charge is 2.19. The summed E-state index contributed by atoms with van der Waals surface area (Å²) < 4.78 is 11.0. The minimum absolute atomic E-state index is 0.969. The Morgan fingerprint density at radius 2 is 1.08 bits per heavy atom. The van der Waals surface area contributed by atoms with E-state index >= 15 is 0 Å². The van der Waals surface area contributed by atoms with E-state index in [-0.39, 0.29) is 0 Å². The summed E-state index contributed by atoms with van der Waals surface area (Å²) >= 11 is 3.59. The smallest absolute Gasteiger partial charge is 0.108 e. The van der Waals surface area contributed by atoms with Crippen molar-refractivity contribution in [3.63, 3.8) is 0 Å². The molecule has 0 aliphatic rings. The van der Waals surface area contributed by atoms with Crippen molar-refractivity contribution < 1.29 is 8.83 Å². The average Bonchev–Trinajstić information content (AvgIpc) is 3.36. The monoisotopic (exact) mass is 418 g/mol. The van der Waals surface area contributed by atoms with Crippen LogP contribution in [0.1, 0.15) is 21.3 Å². The van der Waals surface area contributed by atoms with Gasteiger partial charge in [-0.05, 0) is 39.8 Å². The van der Waals surface area contributed by atoms with Gasteiger partial charge in [0.2, 0.25) is 0 Å². The quantitative estimate of drug-likeness (QED) is 0.304. The van der Waals surface area contributed by atoms with Gasteiger partial charge in [-0.3, -0.25) is 0 Å². The Hall–Kier alpha value is -1.34. The van der Waals surface area contributed by atoms with E-state index in [9.17, 15) is 0 Å². The van der Waals surface area contributed by atoms with Crippen LogP contribution in [0.25, 0.3) is 22.3 Å². The molecule has 0 unspecified atom stereocenters. The minimum Gasteiger partial charge on any atom is -0.469 e. The summed E-state index contributed by atoms with van der Waals surface area (Å²) in [5.74, 6) is 1.94. The molecule has 0 amide bonds. The van der Waals surface area contributed by atoms with Gasteiger partial charge >= 0.3 is 0 Å². The van der Waals surface area contributed by atoms with Crippen molar-refractivity contribution in [2.45, 2.75) is 37.5 Å².